The molecule has 1 saturated carbocycles. The molecule has 0 spiro atoms. The number of hydrogen-bond donors (Lipinski definition) is 1. The van der Waals surface area contributed by atoms with E-state index in [4.69, 9.17) is 0 Å². The predicted molar refractivity (Wildman–Crippen MR) is 62.7 cm³/mol. The molecular weight excluding hydrogens is 184 g/mol. The van der Waals surface area contributed by atoms with Gasteiger partial charge in [-0.1, -0.05) is 13.0 Å². The van der Waals surface area contributed by atoms with Crippen molar-refractivity contribution in [3.8, 4) is 0 Å². The number of nitrogens with zero attached hydrogens (tertiary/aromatic N) is 1. The summed E-state index contributed by atoms with van der Waals surface area (Å²) in [6.07, 6.45) is 9.10. The lowest BCUT2D eigenvalue weighted by molar-refractivity contribution is 0.493. The standard InChI is InChI=1S/C13H20N2/c1-2-15-13-6-5-11(9-13)8-12-4-3-7-14-10-12/h3-4,7,10-11,13,15H,2,5-6,8-9H2,1H3. The molecule has 82 valence electrons. The van der Waals surface area contributed by atoms with Gasteiger partial charge in [0.1, 0.15) is 0 Å². The number of rotatable bonds is 4. The predicted octanol–water partition coefficient (Wildman–Crippen LogP) is 2.40. The highest BCUT2D eigenvalue weighted by Gasteiger charge is 2.23. The number of hydrogen-bond acceptors (Lipinski definition) is 2. The molecule has 2 rings (SSSR count). The molecule has 2 nitrogen and oxygen atoms in total. The van der Waals surface area contributed by atoms with Crippen molar-refractivity contribution in [1.82, 2.24) is 10.3 Å². The lowest BCUT2D eigenvalue weighted by Gasteiger charge is -2.11. The summed E-state index contributed by atoms with van der Waals surface area (Å²) in [4.78, 5) is 4.17. The molecule has 1 aliphatic carbocycles. The van der Waals surface area contributed by atoms with Crippen molar-refractivity contribution >= 4 is 0 Å². The van der Waals surface area contributed by atoms with E-state index in [-0.39, 0.29) is 0 Å². The van der Waals surface area contributed by atoms with Crippen LogP contribution in [0.5, 0.6) is 0 Å². The zero-order valence-corrected chi connectivity index (χ0v) is 9.45. The van der Waals surface area contributed by atoms with Crippen LogP contribution >= 0.6 is 0 Å². The molecule has 2 atom stereocenters. The molecule has 1 aliphatic rings. The monoisotopic (exact) mass is 204 g/mol. The van der Waals surface area contributed by atoms with Crippen molar-refractivity contribution in [1.29, 1.82) is 0 Å². The van der Waals surface area contributed by atoms with Gasteiger partial charge in [0.05, 0.1) is 0 Å². The maximum atomic E-state index is 4.17. The van der Waals surface area contributed by atoms with Gasteiger partial charge in [0.15, 0.2) is 0 Å². The Bertz CT molecular complexity index is 284. The van der Waals surface area contributed by atoms with Gasteiger partial charge in [-0.3, -0.25) is 4.98 Å². The van der Waals surface area contributed by atoms with Crippen LogP contribution in [0.25, 0.3) is 0 Å². The van der Waals surface area contributed by atoms with Crippen LogP contribution < -0.4 is 5.32 Å². The molecule has 0 amide bonds. The molecule has 2 heteroatoms. The summed E-state index contributed by atoms with van der Waals surface area (Å²) in [7, 11) is 0. The highest BCUT2D eigenvalue weighted by atomic mass is 14.9. The number of nitrogens with one attached hydrogen (secondary N) is 1. The summed E-state index contributed by atoms with van der Waals surface area (Å²) in [5.74, 6) is 0.859. The molecule has 1 fully saturated rings. The third-order valence-electron chi connectivity index (χ3n) is 3.28. The third kappa shape index (κ3) is 3.03. The van der Waals surface area contributed by atoms with E-state index in [9.17, 15) is 0 Å². The Morgan fingerprint density at radius 2 is 2.40 bits per heavy atom. The molecule has 0 saturated heterocycles. The van der Waals surface area contributed by atoms with Crippen molar-refractivity contribution in [3.05, 3.63) is 30.1 Å². The minimum absolute atomic E-state index is 0.761. The smallest absolute Gasteiger partial charge is 0.0299 e. The Morgan fingerprint density at radius 3 is 3.13 bits per heavy atom. The molecule has 2 unspecified atom stereocenters. The molecule has 1 aromatic rings. The van der Waals surface area contributed by atoms with Gasteiger partial charge in [-0.2, -0.15) is 0 Å². The van der Waals surface area contributed by atoms with E-state index in [0.29, 0.717) is 0 Å². The van der Waals surface area contributed by atoms with E-state index < -0.39 is 0 Å². The van der Waals surface area contributed by atoms with E-state index in [0.717, 1.165) is 18.5 Å². The van der Waals surface area contributed by atoms with E-state index in [2.05, 4.69) is 23.3 Å². The molecule has 0 bridgehead atoms. The Labute approximate surface area is 92.1 Å². The Morgan fingerprint density at radius 1 is 1.47 bits per heavy atom. The van der Waals surface area contributed by atoms with Crippen LogP contribution in [-0.2, 0) is 6.42 Å². The van der Waals surface area contributed by atoms with E-state index in [1.54, 1.807) is 0 Å². The zero-order valence-electron chi connectivity index (χ0n) is 9.45. The van der Waals surface area contributed by atoms with Gasteiger partial charge in [0.25, 0.3) is 0 Å². The van der Waals surface area contributed by atoms with Crippen molar-refractivity contribution in [2.75, 3.05) is 6.54 Å². The average molecular weight is 204 g/mol. The zero-order chi connectivity index (χ0) is 10.5. The quantitative estimate of drug-likeness (QED) is 0.814. The Kier molecular flexibility index (Phi) is 3.73. The van der Waals surface area contributed by atoms with Gasteiger partial charge in [-0.25, -0.2) is 0 Å². The van der Waals surface area contributed by atoms with Crippen LogP contribution in [-0.4, -0.2) is 17.6 Å². The van der Waals surface area contributed by atoms with Gasteiger partial charge in [-0.05, 0) is 49.8 Å². The molecule has 1 N–H and O–H groups in total. The van der Waals surface area contributed by atoms with E-state index in [1.165, 1.54) is 31.2 Å². The van der Waals surface area contributed by atoms with Crippen molar-refractivity contribution in [3.63, 3.8) is 0 Å². The fourth-order valence-corrected chi connectivity index (χ4v) is 2.59. The maximum absolute atomic E-state index is 4.17. The first-order valence-corrected chi connectivity index (χ1v) is 6.00. The molecule has 0 aliphatic heterocycles. The summed E-state index contributed by atoms with van der Waals surface area (Å²) in [5, 5.41) is 3.54. The van der Waals surface area contributed by atoms with Crippen LogP contribution in [0.2, 0.25) is 0 Å². The van der Waals surface area contributed by atoms with Gasteiger partial charge >= 0.3 is 0 Å². The minimum Gasteiger partial charge on any atom is -0.314 e. The lowest BCUT2D eigenvalue weighted by Crippen LogP contribution is -2.25. The second kappa shape index (κ2) is 5.26. The fourth-order valence-electron chi connectivity index (χ4n) is 2.59. The first-order valence-electron chi connectivity index (χ1n) is 6.00. The van der Waals surface area contributed by atoms with Gasteiger partial charge < -0.3 is 5.32 Å². The summed E-state index contributed by atoms with van der Waals surface area (Å²) in [5.41, 5.74) is 1.39. The third-order valence-corrected chi connectivity index (χ3v) is 3.28. The summed E-state index contributed by atoms with van der Waals surface area (Å²) in [6.45, 7) is 3.29. The normalized spacial score (nSPS) is 25.7. The SMILES string of the molecule is CCNC1CCC(Cc2cccnc2)C1. The van der Waals surface area contributed by atoms with Crippen LogP contribution in [0.1, 0.15) is 31.7 Å². The van der Waals surface area contributed by atoms with Crippen LogP contribution in [0.3, 0.4) is 0 Å². The summed E-state index contributed by atoms with van der Waals surface area (Å²) < 4.78 is 0. The Balaban J connectivity index is 1.82. The average Bonchev–Trinajstić information content (AvgIpc) is 2.68. The van der Waals surface area contributed by atoms with Gasteiger partial charge in [-0.15, -0.1) is 0 Å². The first-order chi connectivity index (χ1) is 7.38. The van der Waals surface area contributed by atoms with Crippen molar-refractivity contribution < 1.29 is 0 Å². The molecule has 15 heavy (non-hydrogen) atoms. The van der Waals surface area contributed by atoms with E-state index in [1.807, 2.05) is 18.5 Å². The van der Waals surface area contributed by atoms with Crippen molar-refractivity contribution in [2.24, 2.45) is 5.92 Å². The lowest BCUT2D eigenvalue weighted by atomic mass is 9.99. The maximum Gasteiger partial charge on any atom is 0.0299 e. The second-order valence-corrected chi connectivity index (χ2v) is 4.50. The fraction of sp³-hybridized carbons (Fsp3) is 0.615. The van der Waals surface area contributed by atoms with E-state index >= 15 is 0 Å². The highest BCUT2D eigenvalue weighted by Crippen LogP contribution is 2.28. The second-order valence-electron chi connectivity index (χ2n) is 4.50. The van der Waals surface area contributed by atoms with Crippen molar-refractivity contribution in [2.45, 2.75) is 38.6 Å². The molecule has 1 heterocycles. The highest BCUT2D eigenvalue weighted by molar-refractivity contribution is 5.09. The summed E-state index contributed by atoms with van der Waals surface area (Å²) in [6, 6.07) is 4.98. The number of aromatic nitrogens is 1. The molecule has 1 aromatic heterocycles. The summed E-state index contributed by atoms with van der Waals surface area (Å²) >= 11 is 0. The number of pyridine rings is 1. The van der Waals surface area contributed by atoms with Crippen LogP contribution in [0.15, 0.2) is 24.5 Å². The van der Waals surface area contributed by atoms with Gasteiger partial charge in [0, 0.05) is 18.4 Å². The molecule has 0 aromatic carbocycles. The Hall–Kier alpha value is -0.890. The van der Waals surface area contributed by atoms with Crippen LogP contribution in [0, 0.1) is 5.92 Å². The minimum atomic E-state index is 0.761. The largest absolute Gasteiger partial charge is 0.314 e. The topological polar surface area (TPSA) is 24.9 Å². The first kappa shape index (κ1) is 10.6. The van der Waals surface area contributed by atoms with Gasteiger partial charge in [0.2, 0.25) is 0 Å². The molecule has 0 radical (unpaired) electrons. The van der Waals surface area contributed by atoms with Crippen LogP contribution in [0.4, 0.5) is 0 Å². The molecular formula is C13H20N2.